The van der Waals surface area contributed by atoms with Crippen LogP contribution in [0.1, 0.15) is 129 Å². The largest absolute Gasteiger partial charge is 0.628 e. The van der Waals surface area contributed by atoms with Gasteiger partial charge in [0.15, 0.2) is 0 Å². The molecule has 2 heteroatoms. The molecule has 0 bridgehead atoms. The normalized spacial score (nSPS) is 12.3. The molecule has 156 valence electrons. The zero-order valence-corrected chi connectivity index (χ0v) is 18.4. The van der Waals surface area contributed by atoms with Gasteiger partial charge < -0.3 is 9.85 Å². The van der Waals surface area contributed by atoms with Crippen molar-refractivity contribution < 1.29 is 4.65 Å². The fourth-order valence-electron chi connectivity index (χ4n) is 3.49. The Hall–Kier alpha value is -0.340. The molecule has 0 rings (SSSR count). The number of unbranched alkanes of at least 4 members (excludes halogenated alkanes) is 18. The average Bonchev–Trinajstić information content (AvgIpc) is 2.59. The summed E-state index contributed by atoms with van der Waals surface area (Å²) in [5.74, 6) is 0. The maximum atomic E-state index is 11.3. The lowest BCUT2D eigenvalue weighted by atomic mass is 10.0. The SMILES string of the molecule is CCCCCCCCCCCCCCCCCCCC/C=C/[N+](C)(C)[O-]. The van der Waals surface area contributed by atoms with Crippen molar-refractivity contribution in [1.29, 1.82) is 0 Å². The fraction of sp³-hybridized carbons (Fsp3) is 0.917. The van der Waals surface area contributed by atoms with Crippen LogP contribution in [0.15, 0.2) is 12.3 Å². The van der Waals surface area contributed by atoms with E-state index in [9.17, 15) is 5.21 Å². The predicted molar refractivity (Wildman–Crippen MR) is 118 cm³/mol. The van der Waals surface area contributed by atoms with Crippen molar-refractivity contribution in [2.75, 3.05) is 14.1 Å². The number of nitrogens with zero attached hydrogens (tertiary/aromatic N) is 1. The van der Waals surface area contributed by atoms with E-state index in [4.69, 9.17) is 0 Å². The molecule has 26 heavy (non-hydrogen) atoms. The van der Waals surface area contributed by atoms with E-state index in [0.29, 0.717) is 0 Å². The fourth-order valence-corrected chi connectivity index (χ4v) is 3.49. The third-order valence-corrected chi connectivity index (χ3v) is 5.19. The van der Waals surface area contributed by atoms with Gasteiger partial charge in [0, 0.05) is 0 Å². The summed E-state index contributed by atoms with van der Waals surface area (Å²) >= 11 is 0. The average molecular weight is 368 g/mol. The third kappa shape index (κ3) is 23.7. The molecule has 0 aliphatic carbocycles. The molecule has 0 aromatic rings. The van der Waals surface area contributed by atoms with Gasteiger partial charge >= 0.3 is 0 Å². The van der Waals surface area contributed by atoms with E-state index >= 15 is 0 Å². The van der Waals surface area contributed by atoms with Gasteiger partial charge in [0.25, 0.3) is 0 Å². The van der Waals surface area contributed by atoms with Crippen molar-refractivity contribution in [2.45, 2.75) is 129 Å². The molecule has 0 radical (unpaired) electrons. The number of quaternary nitrogens is 1. The van der Waals surface area contributed by atoms with Crippen LogP contribution in [0.2, 0.25) is 0 Å². The Morgan fingerprint density at radius 3 is 1.15 bits per heavy atom. The first kappa shape index (κ1) is 25.7. The molecule has 0 spiro atoms. The third-order valence-electron chi connectivity index (χ3n) is 5.19. The highest BCUT2D eigenvalue weighted by Gasteiger charge is 1.95. The molecule has 0 aliphatic heterocycles. The second-order valence-electron chi connectivity index (χ2n) is 8.62. The molecule has 0 heterocycles. The summed E-state index contributed by atoms with van der Waals surface area (Å²) in [5.41, 5.74) is 0. The summed E-state index contributed by atoms with van der Waals surface area (Å²) in [5, 5.41) is 11.3. The van der Waals surface area contributed by atoms with Crippen LogP contribution in [-0.2, 0) is 0 Å². The van der Waals surface area contributed by atoms with E-state index in [1.54, 1.807) is 20.3 Å². The van der Waals surface area contributed by atoms with Gasteiger partial charge in [0.05, 0.1) is 20.3 Å². The van der Waals surface area contributed by atoms with Crippen LogP contribution in [0.3, 0.4) is 0 Å². The first-order chi connectivity index (χ1) is 12.6. The second-order valence-corrected chi connectivity index (χ2v) is 8.62. The van der Waals surface area contributed by atoms with Gasteiger partial charge in [-0.15, -0.1) is 0 Å². The molecule has 0 fully saturated rings. The molecule has 0 aromatic carbocycles. The Labute approximate surface area is 165 Å². The molecule has 0 N–H and O–H groups in total. The van der Waals surface area contributed by atoms with Crippen LogP contribution >= 0.6 is 0 Å². The molecule has 0 unspecified atom stereocenters. The smallest absolute Gasteiger partial charge is 0.0913 e. The molecule has 0 aliphatic rings. The van der Waals surface area contributed by atoms with E-state index in [2.05, 4.69) is 6.92 Å². The first-order valence-corrected chi connectivity index (χ1v) is 11.8. The Bertz CT molecular complexity index is 293. The molecule has 0 aromatic heterocycles. The zero-order valence-electron chi connectivity index (χ0n) is 18.4. The molecular weight excluding hydrogens is 318 g/mol. The summed E-state index contributed by atoms with van der Waals surface area (Å²) in [7, 11) is 3.32. The molecular formula is C24H49NO. The maximum Gasteiger partial charge on any atom is 0.0913 e. The highest BCUT2D eigenvalue weighted by atomic mass is 16.5. The van der Waals surface area contributed by atoms with Crippen molar-refractivity contribution in [2.24, 2.45) is 0 Å². The quantitative estimate of drug-likeness (QED) is 0.120. The standard InChI is InChI=1S/C24H49NO/c1-4-5-6-7-8-9-10-11-12-13-14-15-16-17-18-19-20-21-22-23-24-25(2,3)26/h23-24H,4-22H2,1-3H3/b24-23+. The molecule has 0 amide bonds. The minimum absolute atomic E-state index is 0.307. The van der Waals surface area contributed by atoms with E-state index < -0.39 is 0 Å². The van der Waals surface area contributed by atoms with Gasteiger partial charge in [0.1, 0.15) is 0 Å². The number of allylic oxidation sites excluding steroid dienone is 1. The highest BCUT2D eigenvalue weighted by Crippen LogP contribution is 2.14. The molecule has 0 saturated heterocycles. The first-order valence-electron chi connectivity index (χ1n) is 11.8. The number of hydroxylamine groups is 3. The molecule has 0 saturated carbocycles. The van der Waals surface area contributed by atoms with Gasteiger partial charge in [-0.3, -0.25) is 0 Å². The zero-order chi connectivity index (χ0) is 19.3. The van der Waals surface area contributed by atoms with Crippen LogP contribution in [0.4, 0.5) is 0 Å². The van der Waals surface area contributed by atoms with Crippen LogP contribution in [0, 0.1) is 5.21 Å². The van der Waals surface area contributed by atoms with Crippen molar-refractivity contribution in [1.82, 2.24) is 0 Å². The Morgan fingerprint density at radius 2 is 0.846 bits per heavy atom. The second kappa shape index (κ2) is 19.4. The van der Waals surface area contributed by atoms with Crippen LogP contribution in [-0.4, -0.2) is 18.7 Å². The topological polar surface area (TPSA) is 23.1 Å². The summed E-state index contributed by atoms with van der Waals surface area (Å²) < 4.78 is -0.307. The number of hydrogen-bond acceptors (Lipinski definition) is 1. The summed E-state index contributed by atoms with van der Waals surface area (Å²) in [6.07, 6.45) is 30.4. The van der Waals surface area contributed by atoms with Crippen molar-refractivity contribution >= 4 is 0 Å². The van der Waals surface area contributed by atoms with E-state index in [0.717, 1.165) is 6.42 Å². The monoisotopic (exact) mass is 367 g/mol. The summed E-state index contributed by atoms with van der Waals surface area (Å²) in [4.78, 5) is 0. The Balaban J connectivity index is 3.06. The van der Waals surface area contributed by atoms with Crippen LogP contribution in [0.5, 0.6) is 0 Å². The Morgan fingerprint density at radius 1 is 0.538 bits per heavy atom. The van der Waals surface area contributed by atoms with Crippen molar-refractivity contribution in [3.05, 3.63) is 17.5 Å². The number of hydrogen-bond donors (Lipinski definition) is 0. The van der Waals surface area contributed by atoms with Crippen LogP contribution < -0.4 is 0 Å². The van der Waals surface area contributed by atoms with Crippen molar-refractivity contribution in [3.8, 4) is 0 Å². The minimum atomic E-state index is -0.307. The van der Waals surface area contributed by atoms with E-state index in [-0.39, 0.29) is 4.65 Å². The summed E-state index contributed by atoms with van der Waals surface area (Å²) in [6.45, 7) is 2.29. The van der Waals surface area contributed by atoms with Gasteiger partial charge in [-0.05, 0) is 18.9 Å². The number of rotatable bonds is 20. The highest BCUT2D eigenvalue weighted by molar-refractivity contribution is 4.73. The minimum Gasteiger partial charge on any atom is -0.628 e. The molecule has 2 nitrogen and oxygen atoms in total. The predicted octanol–water partition coefficient (Wildman–Crippen LogP) is 8.51. The van der Waals surface area contributed by atoms with Gasteiger partial charge in [0.2, 0.25) is 0 Å². The van der Waals surface area contributed by atoms with Gasteiger partial charge in [-0.25, -0.2) is 0 Å². The Kier molecular flexibility index (Phi) is 19.2. The van der Waals surface area contributed by atoms with E-state index in [1.165, 1.54) is 116 Å². The molecule has 0 atom stereocenters. The lowest BCUT2D eigenvalue weighted by molar-refractivity contribution is -0.785. The summed E-state index contributed by atoms with van der Waals surface area (Å²) in [6, 6.07) is 0. The van der Waals surface area contributed by atoms with Crippen molar-refractivity contribution in [3.63, 3.8) is 0 Å². The van der Waals surface area contributed by atoms with E-state index in [1.807, 2.05) is 6.08 Å². The lowest BCUT2D eigenvalue weighted by Crippen LogP contribution is -2.23. The van der Waals surface area contributed by atoms with Gasteiger partial charge in [-0.1, -0.05) is 116 Å². The lowest BCUT2D eigenvalue weighted by Gasteiger charge is -2.28. The maximum absolute atomic E-state index is 11.3. The van der Waals surface area contributed by atoms with Crippen LogP contribution in [0.25, 0.3) is 0 Å². The van der Waals surface area contributed by atoms with Gasteiger partial charge in [-0.2, -0.15) is 0 Å².